The molecule has 2 aromatic heterocycles. The molecule has 15 heavy (non-hydrogen) atoms. The van der Waals surface area contributed by atoms with Gasteiger partial charge in [0, 0.05) is 6.07 Å². The van der Waals surface area contributed by atoms with E-state index >= 15 is 0 Å². The molecule has 0 amide bonds. The normalized spacial score (nSPS) is 12.7. The van der Waals surface area contributed by atoms with Crippen molar-refractivity contribution in [1.29, 1.82) is 0 Å². The summed E-state index contributed by atoms with van der Waals surface area (Å²) < 4.78 is 5.26. The summed E-state index contributed by atoms with van der Waals surface area (Å²) in [5.41, 5.74) is 0.268. The summed E-state index contributed by atoms with van der Waals surface area (Å²) in [6.07, 6.45) is 0. The summed E-state index contributed by atoms with van der Waals surface area (Å²) >= 11 is 5.77. The lowest BCUT2D eigenvalue weighted by Gasteiger charge is -1.94. The fourth-order valence-electron chi connectivity index (χ4n) is 1.08. The molecule has 1 N–H and O–H groups in total. The molecule has 0 aromatic carbocycles. The van der Waals surface area contributed by atoms with Crippen molar-refractivity contribution in [3.63, 3.8) is 0 Å². The second-order valence-corrected chi connectivity index (χ2v) is 3.64. The Bertz CT molecular complexity index is 518. The maximum atomic E-state index is 11.0. The topological polar surface area (TPSA) is 71.8 Å². The van der Waals surface area contributed by atoms with Gasteiger partial charge in [0.15, 0.2) is 0 Å². The predicted molar refractivity (Wildman–Crippen MR) is 54.6 cm³/mol. The largest absolute Gasteiger partial charge is 0.418 e. The Morgan fingerprint density at radius 2 is 2.27 bits per heavy atom. The van der Waals surface area contributed by atoms with Crippen molar-refractivity contribution < 1.29 is 4.42 Å². The first-order chi connectivity index (χ1) is 7.16. The lowest BCUT2D eigenvalue weighted by atomic mass is 10.3. The van der Waals surface area contributed by atoms with Gasteiger partial charge in [-0.1, -0.05) is 6.07 Å². The SMILES string of the molecule is CC(Cl)c1nnc(-c2cccc(=O)[nH]2)o1. The molecule has 0 aliphatic rings. The van der Waals surface area contributed by atoms with Crippen molar-refractivity contribution in [2.75, 3.05) is 0 Å². The highest BCUT2D eigenvalue weighted by molar-refractivity contribution is 6.20. The van der Waals surface area contributed by atoms with Crippen LogP contribution in [0.15, 0.2) is 27.4 Å². The molecule has 2 rings (SSSR count). The molecule has 6 heteroatoms. The highest BCUT2D eigenvalue weighted by Gasteiger charge is 2.12. The summed E-state index contributed by atoms with van der Waals surface area (Å²) in [6, 6.07) is 4.70. The van der Waals surface area contributed by atoms with E-state index in [2.05, 4.69) is 15.2 Å². The fraction of sp³-hybridized carbons (Fsp3) is 0.222. The molecular formula is C9H8ClN3O2. The van der Waals surface area contributed by atoms with Crippen molar-refractivity contribution >= 4 is 11.6 Å². The van der Waals surface area contributed by atoms with Crippen molar-refractivity contribution in [2.45, 2.75) is 12.3 Å². The second-order valence-electron chi connectivity index (χ2n) is 2.99. The number of alkyl halides is 1. The number of halogens is 1. The van der Waals surface area contributed by atoms with E-state index < -0.39 is 0 Å². The molecule has 0 aliphatic carbocycles. The molecular weight excluding hydrogens is 218 g/mol. The molecule has 0 spiro atoms. The first-order valence-electron chi connectivity index (χ1n) is 4.34. The Morgan fingerprint density at radius 3 is 2.87 bits per heavy atom. The highest BCUT2D eigenvalue weighted by atomic mass is 35.5. The van der Waals surface area contributed by atoms with Gasteiger partial charge in [-0.3, -0.25) is 4.79 Å². The maximum Gasteiger partial charge on any atom is 0.264 e. The van der Waals surface area contributed by atoms with Gasteiger partial charge in [0.05, 0.1) is 0 Å². The molecule has 0 saturated heterocycles. The number of rotatable bonds is 2. The molecule has 2 heterocycles. The van der Waals surface area contributed by atoms with Crippen LogP contribution in [0.25, 0.3) is 11.6 Å². The van der Waals surface area contributed by atoms with E-state index in [1.165, 1.54) is 6.07 Å². The lowest BCUT2D eigenvalue weighted by Crippen LogP contribution is -2.03. The van der Waals surface area contributed by atoms with E-state index in [0.717, 1.165) is 0 Å². The third kappa shape index (κ3) is 2.07. The number of aromatic nitrogens is 3. The highest BCUT2D eigenvalue weighted by Crippen LogP contribution is 2.21. The van der Waals surface area contributed by atoms with E-state index in [1.807, 2.05) is 0 Å². The summed E-state index contributed by atoms with van der Waals surface area (Å²) in [5.74, 6) is 0.589. The lowest BCUT2D eigenvalue weighted by molar-refractivity contribution is 0.505. The Kier molecular flexibility index (Phi) is 2.55. The average Bonchev–Trinajstić information content (AvgIpc) is 2.66. The molecule has 1 unspecified atom stereocenters. The quantitative estimate of drug-likeness (QED) is 0.790. The molecule has 0 aliphatic heterocycles. The van der Waals surface area contributed by atoms with Gasteiger partial charge < -0.3 is 9.40 Å². The predicted octanol–water partition coefficient (Wildman–Crippen LogP) is 1.72. The van der Waals surface area contributed by atoms with Crippen LogP contribution in [0.2, 0.25) is 0 Å². The molecule has 2 aromatic rings. The number of H-pyrrole nitrogens is 1. The van der Waals surface area contributed by atoms with Gasteiger partial charge in [0.2, 0.25) is 11.4 Å². The van der Waals surface area contributed by atoms with Crippen LogP contribution in [0, 0.1) is 0 Å². The Hall–Kier alpha value is -1.62. The van der Waals surface area contributed by atoms with Crippen molar-refractivity contribution in [1.82, 2.24) is 15.2 Å². The number of nitrogens with one attached hydrogen (secondary N) is 1. The molecule has 5 nitrogen and oxygen atoms in total. The zero-order chi connectivity index (χ0) is 10.8. The molecule has 1 atom stereocenters. The van der Waals surface area contributed by atoms with Gasteiger partial charge in [0.25, 0.3) is 5.89 Å². The number of nitrogens with zero attached hydrogens (tertiary/aromatic N) is 2. The third-order valence-electron chi connectivity index (χ3n) is 1.78. The number of hydrogen-bond acceptors (Lipinski definition) is 4. The molecule has 0 bridgehead atoms. The van der Waals surface area contributed by atoms with Crippen LogP contribution in [0.3, 0.4) is 0 Å². The molecule has 0 radical (unpaired) electrons. The first kappa shape index (κ1) is 9.92. The van der Waals surface area contributed by atoms with E-state index in [0.29, 0.717) is 11.6 Å². The van der Waals surface area contributed by atoms with Crippen LogP contribution < -0.4 is 5.56 Å². The summed E-state index contributed by atoms with van der Waals surface area (Å²) in [7, 11) is 0. The van der Waals surface area contributed by atoms with Crippen LogP contribution in [-0.2, 0) is 0 Å². The van der Waals surface area contributed by atoms with Crippen molar-refractivity contribution in [3.8, 4) is 11.6 Å². The van der Waals surface area contributed by atoms with Crippen LogP contribution in [0.1, 0.15) is 18.2 Å². The Balaban J connectivity index is 2.41. The van der Waals surface area contributed by atoms with Crippen LogP contribution in [0.5, 0.6) is 0 Å². The van der Waals surface area contributed by atoms with Crippen LogP contribution >= 0.6 is 11.6 Å². The van der Waals surface area contributed by atoms with Gasteiger partial charge >= 0.3 is 0 Å². The summed E-state index contributed by atoms with van der Waals surface area (Å²) in [4.78, 5) is 13.6. The maximum absolute atomic E-state index is 11.0. The van der Waals surface area contributed by atoms with Gasteiger partial charge in [-0.15, -0.1) is 21.8 Å². The molecule has 0 fully saturated rings. The Morgan fingerprint density at radius 1 is 1.47 bits per heavy atom. The number of pyridine rings is 1. The smallest absolute Gasteiger partial charge is 0.264 e. The van der Waals surface area contributed by atoms with Crippen LogP contribution in [-0.4, -0.2) is 15.2 Å². The molecule has 78 valence electrons. The monoisotopic (exact) mass is 225 g/mol. The van der Waals surface area contributed by atoms with Gasteiger partial charge in [-0.2, -0.15) is 0 Å². The standard InChI is InChI=1S/C9H8ClN3O2/c1-5(10)8-12-13-9(15-8)6-3-2-4-7(14)11-6/h2-5H,1H3,(H,11,14). The second kappa shape index (κ2) is 3.86. The van der Waals surface area contributed by atoms with Gasteiger partial charge in [-0.05, 0) is 13.0 Å². The minimum atomic E-state index is -0.346. The average molecular weight is 226 g/mol. The molecule has 0 saturated carbocycles. The van der Waals surface area contributed by atoms with E-state index in [4.69, 9.17) is 16.0 Å². The zero-order valence-electron chi connectivity index (χ0n) is 7.90. The minimum Gasteiger partial charge on any atom is -0.418 e. The fourth-order valence-corrected chi connectivity index (χ4v) is 1.16. The van der Waals surface area contributed by atoms with E-state index in [-0.39, 0.29) is 16.8 Å². The number of hydrogen-bond donors (Lipinski definition) is 1. The first-order valence-corrected chi connectivity index (χ1v) is 4.77. The van der Waals surface area contributed by atoms with Crippen molar-refractivity contribution in [3.05, 3.63) is 34.4 Å². The van der Waals surface area contributed by atoms with E-state index in [1.54, 1.807) is 19.1 Å². The Labute approximate surface area is 90.1 Å². The minimum absolute atomic E-state index is 0.217. The third-order valence-corrected chi connectivity index (χ3v) is 1.97. The van der Waals surface area contributed by atoms with Crippen molar-refractivity contribution in [2.24, 2.45) is 0 Å². The number of aromatic amines is 1. The van der Waals surface area contributed by atoms with Gasteiger partial charge in [0.1, 0.15) is 11.1 Å². The summed E-state index contributed by atoms with van der Waals surface area (Å²) in [6.45, 7) is 1.73. The van der Waals surface area contributed by atoms with Gasteiger partial charge in [-0.25, -0.2) is 0 Å². The van der Waals surface area contributed by atoms with Crippen LogP contribution in [0.4, 0.5) is 0 Å². The van der Waals surface area contributed by atoms with E-state index in [9.17, 15) is 4.79 Å². The zero-order valence-corrected chi connectivity index (χ0v) is 8.65. The summed E-state index contributed by atoms with van der Waals surface area (Å²) in [5, 5.41) is 7.18.